The zero-order valence-electron chi connectivity index (χ0n) is 14.5. The van der Waals surface area contributed by atoms with Gasteiger partial charge in [0.1, 0.15) is 11.6 Å². The van der Waals surface area contributed by atoms with Gasteiger partial charge in [-0.25, -0.2) is 8.78 Å². The Morgan fingerprint density at radius 1 is 1.20 bits per heavy atom. The number of rotatable bonds is 5. The fourth-order valence-electron chi connectivity index (χ4n) is 4.01. The summed E-state index contributed by atoms with van der Waals surface area (Å²) < 4.78 is 26.9. The molecule has 5 heteroatoms. The molecule has 25 heavy (non-hydrogen) atoms. The van der Waals surface area contributed by atoms with Gasteiger partial charge in [-0.3, -0.25) is 9.69 Å². The summed E-state index contributed by atoms with van der Waals surface area (Å²) in [5.41, 5.74) is 6.87. The van der Waals surface area contributed by atoms with Crippen LogP contribution in [0.15, 0.2) is 24.3 Å². The van der Waals surface area contributed by atoms with E-state index < -0.39 is 11.6 Å². The molecule has 1 amide bonds. The Bertz CT molecular complexity index is 651. The molecular weight excluding hydrogens is 322 g/mol. The van der Waals surface area contributed by atoms with Crippen molar-refractivity contribution < 1.29 is 13.6 Å². The topological polar surface area (TPSA) is 46.3 Å². The highest BCUT2D eigenvalue weighted by Crippen LogP contribution is 2.31. The molecule has 0 saturated heterocycles. The van der Waals surface area contributed by atoms with E-state index in [-0.39, 0.29) is 11.8 Å². The molecule has 136 valence electrons. The van der Waals surface area contributed by atoms with Crippen LogP contribution in [0.1, 0.15) is 44.1 Å². The van der Waals surface area contributed by atoms with E-state index in [0.29, 0.717) is 11.5 Å². The van der Waals surface area contributed by atoms with Crippen molar-refractivity contribution in [2.45, 2.75) is 38.5 Å². The third kappa shape index (κ3) is 4.66. The van der Waals surface area contributed by atoms with Gasteiger partial charge in [0.15, 0.2) is 0 Å². The molecule has 1 aromatic rings. The Morgan fingerprint density at radius 3 is 2.56 bits per heavy atom. The van der Waals surface area contributed by atoms with Crippen LogP contribution >= 0.6 is 0 Å². The van der Waals surface area contributed by atoms with E-state index in [4.69, 9.17) is 5.73 Å². The van der Waals surface area contributed by atoms with Gasteiger partial charge in [0, 0.05) is 30.6 Å². The lowest BCUT2D eigenvalue weighted by Crippen LogP contribution is -2.32. The van der Waals surface area contributed by atoms with Crippen LogP contribution in [0, 0.1) is 23.5 Å². The normalized spacial score (nSPS) is 24.8. The fraction of sp³-hybridized carbons (Fsp3) is 0.550. The van der Waals surface area contributed by atoms with Gasteiger partial charge in [0.05, 0.1) is 0 Å². The second-order valence-corrected chi connectivity index (χ2v) is 7.31. The Balaban J connectivity index is 1.46. The SMILES string of the molecule is NC(=O)C1CCC(CCN2CC=C(c3ccc(F)cc3F)CC2)CC1. The molecule has 1 heterocycles. The van der Waals surface area contributed by atoms with Crippen LogP contribution in [-0.4, -0.2) is 30.4 Å². The summed E-state index contributed by atoms with van der Waals surface area (Å²) in [5.74, 6) is -0.422. The molecule has 0 radical (unpaired) electrons. The maximum atomic E-state index is 13.9. The second-order valence-electron chi connectivity index (χ2n) is 7.31. The first-order chi connectivity index (χ1) is 12.0. The van der Waals surface area contributed by atoms with Crippen LogP contribution in [0.4, 0.5) is 8.78 Å². The summed E-state index contributed by atoms with van der Waals surface area (Å²) in [6.45, 7) is 2.74. The number of hydrogen-bond donors (Lipinski definition) is 1. The molecule has 1 aromatic carbocycles. The predicted molar refractivity (Wildman–Crippen MR) is 94.7 cm³/mol. The average molecular weight is 348 g/mol. The highest BCUT2D eigenvalue weighted by atomic mass is 19.1. The Morgan fingerprint density at radius 2 is 1.96 bits per heavy atom. The molecule has 0 atom stereocenters. The van der Waals surface area contributed by atoms with Crippen LogP contribution in [0.5, 0.6) is 0 Å². The molecule has 0 spiro atoms. The minimum absolute atomic E-state index is 0.0716. The van der Waals surface area contributed by atoms with Crippen molar-refractivity contribution in [3.05, 3.63) is 41.5 Å². The monoisotopic (exact) mass is 348 g/mol. The van der Waals surface area contributed by atoms with Crippen molar-refractivity contribution >= 4 is 11.5 Å². The number of carbonyl (C=O) groups is 1. The molecule has 3 rings (SSSR count). The zero-order chi connectivity index (χ0) is 17.8. The average Bonchev–Trinajstić information content (AvgIpc) is 2.61. The van der Waals surface area contributed by atoms with Gasteiger partial charge in [-0.15, -0.1) is 0 Å². The van der Waals surface area contributed by atoms with Crippen molar-refractivity contribution in [3.63, 3.8) is 0 Å². The lowest BCUT2D eigenvalue weighted by atomic mass is 9.80. The second kappa shape index (κ2) is 8.09. The van der Waals surface area contributed by atoms with Gasteiger partial charge in [-0.1, -0.05) is 6.08 Å². The first-order valence-corrected chi connectivity index (χ1v) is 9.19. The van der Waals surface area contributed by atoms with Gasteiger partial charge in [0.25, 0.3) is 0 Å². The number of carbonyl (C=O) groups excluding carboxylic acids is 1. The summed E-state index contributed by atoms with van der Waals surface area (Å²) in [5, 5.41) is 0. The van der Waals surface area contributed by atoms with Crippen molar-refractivity contribution in [1.82, 2.24) is 4.90 Å². The number of benzene rings is 1. The van der Waals surface area contributed by atoms with Crippen LogP contribution < -0.4 is 5.73 Å². The molecule has 1 saturated carbocycles. The van der Waals surface area contributed by atoms with E-state index >= 15 is 0 Å². The fourth-order valence-corrected chi connectivity index (χ4v) is 4.01. The Labute approximate surface area is 147 Å². The number of hydrogen-bond acceptors (Lipinski definition) is 2. The van der Waals surface area contributed by atoms with Gasteiger partial charge in [-0.05, 0) is 68.7 Å². The first-order valence-electron chi connectivity index (χ1n) is 9.19. The van der Waals surface area contributed by atoms with Crippen molar-refractivity contribution in [1.29, 1.82) is 0 Å². The lowest BCUT2D eigenvalue weighted by Gasteiger charge is -2.31. The number of primary amides is 1. The molecule has 3 nitrogen and oxygen atoms in total. The molecule has 1 fully saturated rings. The van der Waals surface area contributed by atoms with Gasteiger partial charge < -0.3 is 5.73 Å². The molecule has 0 aromatic heterocycles. The van der Waals surface area contributed by atoms with Gasteiger partial charge >= 0.3 is 0 Å². The Hall–Kier alpha value is -1.75. The quantitative estimate of drug-likeness (QED) is 0.881. The van der Waals surface area contributed by atoms with Crippen molar-refractivity contribution in [2.75, 3.05) is 19.6 Å². The number of nitrogens with zero attached hydrogens (tertiary/aromatic N) is 1. The summed E-state index contributed by atoms with van der Waals surface area (Å²) in [7, 11) is 0. The molecule has 2 N–H and O–H groups in total. The van der Waals surface area contributed by atoms with Crippen LogP contribution in [-0.2, 0) is 4.79 Å². The first kappa shape index (κ1) is 18.1. The molecule has 1 aliphatic heterocycles. The summed E-state index contributed by atoms with van der Waals surface area (Å²) in [6, 6.07) is 3.79. The summed E-state index contributed by atoms with van der Waals surface area (Å²) in [6.07, 6.45) is 8.01. The molecule has 0 unspecified atom stereocenters. The van der Waals surface area contributed by atoms with E-state index in [1.807, 2.05) is 0 Å². The standard InChI is InChI=1S/C20H26F2N2O/c21-17-5-6-18(19(22)13-17)15-8-11-24(12-9-15)10-7-14-1-3-16(4-2-14)20(23)25/h5-6,8,13-14,16H,1-4,7,9-12H2,(H2,23,25). The summed E-state index contributed by atoms with van der Waals surface area (Å²) in [4.78, 5) is 13.6. The zero-order valence-corrected chi connectivity index (χ0v) is 14.5. The smallest absolute Gasteiger partial charge is 0.220 e. The third-order valence-electron chi connectivity index (χ3n) is 5.67. The van der Waals surface area contributed by atoms with Crippen molar-refractivity contribution in [3.8, 4) is 0 Å². The molecule has 0 bridgehead atoms. The number of amides is 1. The molecule has 2 aliphatic rings. The highest BCUT2D eigenvalue weighted by molar-refractivity contribution is 5.76. The third-order valence-corrected chi connectivity index (χ3v) is 5.67. The molecule has 1 aliphatic carbocycles. The van der Waals surface area contributed by atoms with Gasteiger partial charge in [0.2, 0.25) is 5.91 Å². The maximum absolute atomic E-state index is 13.9. The summed E-state index contributed by atoms with van der Waals surface area (Å²) >= 11 is 0. The van der Waals surface area contributed by atoms with Crippen LogP contribution in [0.25, 0.3) is 5.57 Å². The number of nitrogens with two attached hydrogens (primary N) is 1. The van der Waals surface area contributed by atoms with E-state index in [9.17, 15) is 13.6 Å². The van der Waals surface area contributed by atoms with E-state index in [0.717, 1.165) is 69.8 Å². The van der Waals surface area contributed by atoms with E-state index in [2.05, 4.69) is 11.0 Å². The number of halogens is 2. The maximum Gasteiger partial charge on any atom is 0.220 e. The van der Waals surface area contributed by atoms with E-state index in [1.165, 1.54) is 12.1 Å². The van der Waals surface area contributed by atoms with Crippen LogP contribution in [0.3, 0.4) is 0 Å². The highest BCUT2D eigenvalue weighted by Gasteiger charge is 2.25. The van der Waals surface area contributed by atoms with Crippen LogP contribution in [0.2, 0.25) is 0 Å². The molecular formula is C20H26F2N2O. The predicted octanol–water partition coefficient (Wildman–Crippen LogP) is 3.74. The largest absolute Gasteiger partial charge is 0.369 e. The minimum atomic E-state index is -0.537. The Kier molecular flexibility index (Phi) is 5.84. The minimum Gasteiger partial charge on any atom is -0.369 e. The van der Waals surface area contributed by atoms with Gasteiger partial charge in [-0.2, -0.15) is 0 Å². The van der Waals surface area contributed by atoms with Crippen molar-refractivity contribution in [2.24, 2.45) is 17.6 Å². The van der Waals surface area contributed by atoms with E-state index in [1.54, 1.807) is 0 Å². The lowest BCUT2D eigenvalue weighted by molar-refractivity contribution is -0.122.